The number of carbonyl (C=O) groups excluding carboxylic acids is 2. The minimum absolute atomic E-state index is 0.186. The monoisotopic (exact) mass is 658 g/mol. The van der Waals surface area contributed by atoms with E-state index in [9.17, 15) is 9.59 Å². The van der Waals surface area contributed by atoms with Crippen molar-refractivity contribution in [3.05, 3.63) is 95.7 Å². The first-order valence-electron chi connectivity index (χ1n) is 15.6. The van der Waals surface area contributed by atoms with Crippen LogP contribution in [0.25, 0.3) is 11.3 Å². The number of nitrogens with zero attached hydrogens (tertiary/aromatic N) is 4. The zero-order valence-corrected chi connectivity index (χ0v) is 27.5. The summed E-state index contributed by atoms with van der Waals surface area (Å²) in [6, 6.07) is 23.6. The highest BCUT2D eigenvalue weighted by molar-refractivity contribution is 5.95. The average Bonchev–Trinajstić information content (AvgIpc) is 3.58. The normalized spacial score (nSPS) is 11.1. The van der Waals surface area contributed by atoms with E-state index >= 15 is 0 Å². The summed E-state index contributed by atoms with van der Waals surface area (Å²) in [6.45, 7) is 3.43. The Morgan fingerprint density at radius 2 is 1.19 bits per heavy atom. The summed E-state index contributed by atoms with van der Waals surface area (Å²) in [6.07, 6.45) is 0. The number of methoxy groups -OCH3 is 1. The fraction of sp³-hybridized carbons (Fsp3) is 0.343. The van der Waals surface area contributed by atoms with E-state index in [-0.39, 0.29) is 11.8 Å². The number of rotatable bonds is 20. The van der Waals surface area contributed by atoms with Gasteiger partial charge >= 0.3 is 0 Å². The lowest BCUT2D eigenvalue weighted by molar-refractivity contribution is 0.0157. The van der Waals surface area contributed by atoms with E-state index in [1.165, 1.54) is 0 Å². The van der Waals surface area contributed by atoms with E-state index in [0.717, 1.165) is 16.9 Å². The van der Waals surface area contributed by atoms with Crippen LogP contribution in [0.1, 0.15) is 26.5 Å². The molecule has 1 heterocycles. The lowest BCUT2D eigenvalue weighted by atomic mass is 10.1. The highest BCUT2D eigenvalue weighted by Crippen LogP contribution is 2.22. The molecule has 0 spiro atoms. The van der Waals surface area contributed by atoms with Crippen molar-refractivity contribution in [2.45, 2.75) is 6.61 Å². The molecule has 48 heavy (non-hydrogen) atoms. The molecular weight excluding hydrogens is 616 g/mol. The van der Waals surface area contributed by atoms with E-state index < -0.39 is 0 Å². The molecule has 0 saturated heterocycles. The van der Waals surface area contributed by atoms with E-state index in [2.05, 4.69) is 26.0 Å². The van der Waals surface area contributed by atoms with Crippen LogP contribution >= 0.6 is 0 Å². The second kappa shape index (κ2) is 19.7. The topological polar surface area (TPSA) is 149 Å². The predicted octanol–water partition coefficient (Wildman–Crippen LogP) is 5.18. The molecule has 2 N–H and O–H groups in total. The first-order chi connectivity index (χ1) is 23.4. The molecule has 4 aromatic rings. The molecule has 13 nitrogen and oxygen atoms in total. The zero-order chi connectivity index (χ0) is 34.0. The summed E-state index contributed by atoms with van der Waals surface area (Å²) in [5.41, 5.74) is 5.09. The average molecular weight is 659 g/mol. The van der Waals surface area contributed by atoms with Crippen LogP contribution in [0.15, 0.2) is 93.6 Å². The van der Waals surface area contributed by atoms with Crippen molar-refractivity contribution in [2.24, 2.45) is 10.2 Å². The number of aromatic nitrogens is 1. The highest BCUT2D eigenvalue weighted by atomic mass is 16.5. The van der Waals surface area contributed by atoms with E-state index in [1.54, 1.807) is 49.6 Å². The molecular formula is C35H42N6O7. The van der Waals surface area contributed by atoms with Gasteiger partial charge in [0, 0.05) is 62.7 Å². The smallest absolute Gasteiger partial charge is 0.251 e. The van der Waals surface area contributed by atoms with Gasteiger partial charge in [-0.1, -0.05) is 17.3 Å². The molecule has 0 aliphatic heterocycles. The Hall–Kier alpha value is -4.95. The first kappa shape index (κ1) is 35.9. The molecule has 0 atom stereocenters. The molecule has 0 unspecified atom stereocenters. The summed E-state index contributed by atoms with van der Waals surface area (Å²) < 4.78 is 26.8. The standard InChI is InChI=1S/C35H42N6O7/c1-41(2)31-14-12-30(13-15-31)39-38-29-10-8-28(9-11-29)35(43)37-17-19-46-21-23-47-22-20-45-18-16-36-34(42)27-6-4-26(5-7-27)33-24-32(25-44-3)48-40-33/h4-15,24H,16-23,25H2,1-3H3,(H,36,42)(H,37,43)/b39-38+. The fourth-order valence-corrected chi connectivity index (χ4v) is 4.28. The molecule has 0 fully saturated rings. The largest absolute Gasteiger partial charge is 0.378 e. The molecule has 254 valence electrons. The maximum absolute atomic E-state index is 12.4. The van der Waals surface area contributed by atoms with Crippen LogP contribution in [-0.4, -0.2) is 90.9 Å². The van der Waals surface area contributed by atoms with Crippen LogP contribution in [0.5, 0.6) is 0 Å². The van der Waals surface area contributed by atoms with E-state index in [0.29, 0.717) is 87.6 Å². The fourth-order valence-electron chi connectivity index (χ4n) is 4.28. The van der Waals surface area contributed by atoms with Crippen molar-refractivity contribution in [1.29, 1.82) is 0 Å². The first-order valence-corrected chi connectivity index (χ1v) is 15.6. The van der Waals surface area contributed by atoms with Gasteiger partial charge in [0.25, 0.3) is 11.8 Å². The second-order valence-corrected chi connectivity index (χ2v) is 10.7. The van der Waals surface area contributed by atoms with E-state index in [4.69, 9.17) is 23.5 Å². The summed E-state index contributed by atoms with van der Waals surface area (Å²) in [5, 5.41) is 18.2. The molecule has 0 aliphatic rings. The van der Waals surface area contributed by atoms with Crippen molar-refractivity contribution < 1.29 is 33.1 Å². The summed E-state index contributed by atoms with van der Waals surface area (Å²) in [7, 11) is 5.55. The third-order valence-corrected chi connectivity index (χ3v) is 6.87. The maximum Gasteiger partial charge on any atom is 0.251 e. The third-order valence-electron chi connectivity index (χ3n) is 6.87. The van der Waals surface area contributed by atoms with Crippen molar-refractivity contribution in [3.63, 3.8) is 0 Å². The van der Waals surface area contributed by atoms with Crippen LogP contribution < -0.4 is 15.5 Å². The van der Waals surface area contributed by atoms with Crippen molar-refractivity contribution in [3.8, 4) is 11.3 Å². The van der Waals surface area contributed by atoms with Gasteiger partial charge in [-0.05, 0) is 60.7 Å². The number of benzene rings is 3. The number of carbonyl (C=O) groups is 2. The zero-order valence-electron chi connectivity index (χ0n) is 27.5. The summed E-state index contributed by atoms with van der Waals surface area (Å²) in [5.74, 6) is 0.256. The molecule has 4 rings (SSSR count). The number of nitrogens with one attached hydrogen (secondary N) is 2. The van der Waals surface area contributed by atoms with Crippen LogP contribution in [-0.2, 0) is 25.6 Å². The van der Waals surface area contributed by atoms with Gasteiger partial charge in [0.2, 0.25) is 0 Å². The van der Waals surface area contributed by atoms with Gasteiger partial charge in [-0.25, -0.2) is 0 Å². The van der Waals surface area contributed by atoms with Crippen LogP contribution in [0.3, 0.4) is 0 Å². The highest BCUT2D eigenvalue weighted by Gasteiger charge is 2.09. The van der Waals surface area contributed by atoms with Gasteiger partial charge < -0.3 is 39.0 Å². The molecule has 13 heteroatoms. The lowest BCUT2D eigenvalue weighted by Crippen LogP contribution is -2.28. The minimum Gasteiger partial charge on any atom is -0.378 e. The van der Waals surface area contributed by atoms with Gasteiger partial charge in [-0.15, -0.1) is 0 Å². The molecule has 2 amide bonds. The Kier molecular flexibility index (Phi) is 14.7. The van der Waals surface area contributed by atoms with Crippen LogP contribution in [0, 0.1) is 0 Å². The Labute approximate surface area is 280 Å². The van der Waals surface area contributed by atoms with Gasteiger partial charge in [0.1, 0.15) is 12.3 Å². The number of ether oxygens (including phenoxy) is 4. The van der Waals surface area contributed by atoms with E-state index in [1.807, 2.05) is 55.4 Å². The number of azo groups is 1. The van der Waals surface area contributed by atoms with Gasteiger partial charge in [-0.3, -0.25) is 9.59 Å². The third kappa shape index (κ3) is 12.0. The number of anilines is 1. The Bertz CT molecular complexity index is 1570. The summed E-state index contributed by atoms with van der Waals surface area (Å²) in [4.78, 5) is 26.8. The van der Waals surface area contributed by atoms with Gasteiger partial charge in [0.15, 0.2) is 5.76 Å². The molecule has 1 aromatic heterocycles. The van der Waals surface area contributed by atoms with Crippen molar-refractivity contribution in [2.75, 3.05) is 78.8 Å². The number of hydrogen-bond donors (Lipinski definition) is 2. The summed E-state index contributed by atoms with van der Waals surface area (Å²) >= 11 is 0. The predicted molar refractivity (Wildman–Crippen MR) is 181 cm³/mol. The maximum atomic E-state index is 12.4. The molecule has 3 aromatic carbocycles. The molecule has 0 aliphatic carbocycles. The Balaban J connectivity index is 0.974. The molecule has 0 bridgehead atoms. The minimum atomic E-state index is -0.191. The van der Waals surface area contributed by atoms with Crippen LogP contribution in [0.4, 0.5) is 17.1 Å². The number of hydrogen-bond acceptors (Lipinski definition) is 11. The van der Waals surface area contributed by atoms with Gasteiger partial charge in [-0.2, -0.15) is 10.2 Å². The quantitative estimate of drug-likeness (QED) is 0.0968. The van der Waals surface area contributed by atoms with Crippen molar-refractivity contribution >= 4 is 28.9 Å². The van der Waals surface area contributed by atoms with Crippen LogP contribution in [0.2, 0.25) is 0 Å². The van der Waals surface area contributed by atoms with Gasteiger partial charge in [0.05, 0.1) is 51.0 Å². The second-order valence-electron chi connectivity index (χ2n) is 10.7. The Morgan fingerprint density at radius 1 is 0.708 bits per heavy atom. The SMILES string of the molecule is COCc1cc(-c2ccc(C(=O)NCCOCCOCCOCCNC(=O)c3ccc(/N=N/c4ccc(N(C)C)cc4)cc3)cc2)no1. The molecule has 0 radical (unpaired) electrons. The molecule has 0 saturated carbocycles. The Morgan fingerprint density at radius 3 is 1.69 bits per heavy atom. The lowest BCUT2D eigenvalue weighted by Gasteiger charge is -2.11. The number of amides is 2. The van der Waals surface area contributed by atoms with Crippen molar-refractivity contribution in [1.82, 2.24) is 15.8 Å².